The molecule has 0 saturated heterocycles. The van der Waals surface area contributed by atoms with Crippen molar-refractivity contribution in [3.8, 4) is 0 Å². The van der Waals surface area contributed by atoms with E-state index in [4.69, 9.17) is 17.3 Å². The number of carbonyl (C=O) groups is 1. The maximum atomic E-state index is 13.0. The summed E-state index contributed by atoms with van der Waals surface area (Å²) in [6.07, 6.45) is -0.814. The number of carbonyl (C=O) groups excluding carboxylic acids is 1. The fourth-order valence-electron chi connectivity index (χ4n) is 1.13. The summed E-state index contributed by atoms with van der Waals surface area (Å²) >= 11 is 5.74. The predicted molar refractivity (Wildman–Crippen MR) is 58.7 cm³/mol. The largest absolute Gasteiger partial charge is 0.448 e. The number of nitrogens with one attached hydrogen (secondary N) is 1. The molecule has 1 aromatic carbocycles. The maximum absolute atomic E-state index is 13.0. The fraction of sp³-hybridized carbons (Fsp3) is 0.300. The van der Waals surface area contributed by atoms with Crippen LogP contribution in [0.3, 0.4) is 0 Å². The van der Waals surface area contributed by atoms with Gasteiger partial charge in [-0.15, -0.1) is 0 Å². The van der Waals surface area contributed by atoms with Crippen LogP contribution in [0.1, 0.15) is 5.56 Å². The second-order valence-corrected chi connectivity index (χ2v) is 3.44. The zero-order chi connectivity index (χ0) is 12.0. The number of ether oxygens (including phenoxy) is 1. The van der Waals surface area contributed by atoms with E-state index in [2.05, 4.69) is 10.1 Å². The molecule has 0 heterocycles. The molecule has 0 aliphatic carbocycles. The van der Waals surface area contributed by atoms with Gasteiger partial charge in [0.05, 0.1) is 5.02 Å². The molecule has 1 amide bonds. The summed E-state index contributed by atoms with van der Waals surface area (Å²) in [6.45, 7) is 0.997. The highest BCUT2D eigenvalue weighted by atomic mass is 35.5. The van der Waals surface area contributed by atoms with Crippen LogP contribution in [-0.4, -0.2) is 19.2 Å². The monoisotopic (exact) mass is 246 g/mol. The summed E-state index contributed by atoms with van der Waals surface area (Å²) in [7, 11) is 0. The second kappa shape index (κ2) is 6.30. The number of hydrogen-bond acceptors (Lipinski definition) is 3. The average Bonchev–Trinajstić information content (AvgIpc) is 2.23. The lowest BCUT2D eigenvalue weighted by Gasteiger charge is -2.07. The Hall–Kier alpha value is -1.33. The Morgan fingerprint density at radius 3 is 3.00 bits per heavy atom. The molecule has 0 aliphatic rings. The molecule has 1 rings (SSSR count). The molecule has 0 saturated carbocycles. The summed E-state index contributed by atoms with van der Waals surface area (Å²) in [6, 6.07) is 4.59. The van der Waals surface area contributed by atoms with Crippen LogP contribution in [0.25, 0.3) is 0 Å². The van der Waals surface area contributed by atoms with Crippen molar-refractivity contribution in [2.75, 3.05) is 13.2 Å². The highest BCUT2D eigenvalue weighted by Gasteiger charge is 2.04. The standard InChI is InChI=1S/C10H12ClFN2O2/c11-9-7(2-1-3-8(9)12)6-14-4-5-16-10(13)15/h1-3,14H,4-6H2,(H2,13,15). The van der Waals surface area contributed by atoms with Crippen LogP contribution in [0, 0.1) is 5.82 Å². The van der Waals surface area contributed by atoms with E-state index in [-0.39, 0.29) is 11.6 Å². The number of hydrogen-bond donors (Lipinski definition) is 2. The van der Waals surface area contributed by atoms with E-state index in [0.717, 1.165) is 0 Å². The van der Waals surface area contributed by atoms with Crippen LogP contribution in [0.2, 0.25) is 5.02 Å². The molecule has 0 aromatic heterocycles. The molecule has 88 valence electrons. The van der Waals surface area contributed by atoms with Crippen LogP contribution >= 0.6 is 11.6 Å². The first-order valence-corrected chi connectivity index (χ1v) is 5.05. The molecular weight excluding hydrogens is 235 g/mol. The van der Waals surface area contributed by atoms with Crippen molar-refractivity contribution in [3.63, 3.8) is 0 Å². The Morgan fingerprint density at radius 1 is 1.56 bits per heavy atom. The van der Waals surface area contributed by atoms with Gasteiger partial charge in [0.1, 0.15) is 12.4 Å². The Balaban J connectivity index is 2.32. The van der Waals surface area contributed by atoms with Crippen LogP contribution in [0.4, 0.5) is 9.18 Å². The van der Waals surface area contributed by atoms with Crippen molar-refractivity contribution < 1.29 is 13.9 Å². The van der Waals surface area contributed by atoms with Crippen molar-refractivity contribution in [3.05, 3.63) is 34.6 Å². The summed E-state index contributed by atoms with van der Waals surface area (Å²) < 4.78 is 17.5. The number of primary amides is 1. The van der Waals surface area contributed by atoms with Crippen molar-refractivity contribution in [1.82, 2.24) is 5.32 Å². The van der Waals surface area contributed by atoms with Crippen LogP contribution in [0.15, 0.2) is 18.2 Å². The van der Waals surface area contributed by atoms with E-state index in [1.807, 2.05) is 0 Å². The molecule has 16 heavy (non-hydrogen) atoms. The third kappa shape index (κ3) is 4.04. The van der Waals surface area contributed by atoms with Crippen molar-refractivity contribution >= 4 is 17.7 Å². The number of benzene rings is 1. The van der Waals surface area contributed by atoms with Gasteiger partial charge in [0.2, 0.25) is 0 Å². The second-order valence-electron chi connectivity index (χ2n) is 3.06. The number of nitrogens with two attached hydrogens (primary N) is 1. The molecule has 0 spiro atoms. The lowest BCUT2D eigenvalue weighted by atomic mass is 10.2. The molecule has 4 nitrogen and oxygen atoms in total. The number of amides is 1. The number of rotatable bonds is 5. The normalized spacial score (nSPS) is 10.1. The fourth-order valence-corrected chi connectivity index (χ4v) is 1.32. The van der Waals surface area contributed by atoms with Gasteiger partial charge in [-0.25, -0.2) is 9.18 Å². The zero-order valence-corrected chi connectivity index (χ0v) is 9.26. The highest BCUT2D eigenvalue weighted by molar-refractivity contribution is 6.31. The van der Waals surface area contributed by atoms with Gasteiger partial charge in [-0.2, -0.15) is 0 Å². The predicted octanol–water partition coefficient (Wildman–Crippen LogP) is 1.66. The third-order valence-electron chi connectivity index (χ3n) is 1.87. The van der Waals surface area contributed by atoms with E-state index in [1.165, 1.54) is 6.07 Å². The summed E-state index contributed by atoms with van der Waals surface area (Å²) in [5, 5.41) is 3.04. The summed E-state index contributed by atoms with van der Waals surface area (Å²) in [5.41, 5.74) is 5.42. The van der Waals surface area contributed by atoms with Gasteiger partial charge in [0.15, 0.2) is 0 Å². The van der Waals surface area contributed by atoms with Crippen LogP contribution in [-0.2, 0) is 11.3 Å². The molecule has 0 radical (unpaired) electrons. The number of halogens is 2. The minimum atomic E-state index is -0.814. The van der Waals surface area contributed by atoms with Gasteiger partial charge >= 0.3 is 6.09 Å². The Bertz CT molecular complexity index is 374. The minimum Gasteiger partial charge on any atom is -0.448 e. The van der Waals surface area contributed by atoms with E-state index >= 15 is 0 Å². The lowest BCUT2D eigenvalue weighted by molar-refractivity contribution is 0.157. The van der Waals surface area contributed by atoms with Gasteiger partial charge in [-0.3, -0.25) is 0 Å². The summed E-state index contributed by atoms with van der Waals surface area (Å²) in [5.74, 6) is -0.450. The molecule has 0 unspecified atom stereocenters. The summed E-state index contributed by atoms with van der Waals surface area (Å²) in [4.78, 5) is 10.2. The van der Waals surface area contributed by atoms with Gasteiger partial charge in [0, 0.05) is 13.1 Å². The Morgan fingerprint density at radius 2 is 2.31 bits per heavy atom. The topological polar surface area (TPSA) is 64.4 Å². The third-order valence-corrected chi connectivity index (χ3v) is 2.29. The minimum absolute atomic E-state index is 0.103. The van der Waals surface area contributed by atoms with Crippen molar-refractivity contribution in [2.24, 2.45) is 5.73 Å². The zero-order valence-electron chi connectivity index (χ0n) is 8.50. The quantitative estimate of drug-likeness (QED) is 0.777. The smallest absolute Gasteiger partial charge is 0.404 e. The molecule has 0 aliphatic heterocycles. The van der Waals surface area contributed by atoms with Gasteiger partial charge in [-0.1, -0.05) is 23.7 Å². The Kier molecular flexibility index (Phi) is 5.01. The maximum Gasteiger partial charge on any atom is 0.404 e. The van der Waals surface area contributed by atoms with E-state index < -0.39 is 11.9 Å². The van der Waals surface area contributed by atoms with Gasteiger partial charge in [-0.05, 0) is 11.6 Å². The van der Waals surface area contributed by atoms with Crippen molar-refractivity contribution in [2.45, 2.75) is 6.54 Å². The molecular formula is C10H12ClFN2O2. The first-order chi connectivity index (χ1) is 7.61. The van der Waals surface area contributed by atoms with E-state index in [9.17, 15) is 9.18 Å². The van der Waals surface area contributed by atoms with Gasteiger partial charge < -0.3 is 15.8 Å². The molecule has 3 N–H and O–H groups in total. The lowest BCUT2D eigenvalue weighted by Crippen LogP contribution is -2.23. The highest BCUT2D eigenvalue weighted by Crippen LogP contribution is 2.18. The van der Waals surface area contributed by atoms with E-state index in [0.29, 0.717) is 18.7 Å². The SMILES string of the molecule is NC(=O)OCCNCc1cccc(F)c1Cl. The molecule has 1 aromatic rings. The first-order valence-electron chi connectivity index (χ1n) is 4.67. The van der Waals surface area contributed by atoms with Gasteiger partial charge in [0.25, 0.3) is 0 Å². The first kappa shape index (κ1) is 12.7. The van der Waals surface area contributed by atoms with E-state index in [1.54, 1.807) is 12.1 Å². The molecule has 0 atom stereocenters. The Labute approximate surface area is 97.5 Å². The average molecular weight is 247 g/mol. The molecule has 0 fully saturated rings. The molecule has 6 heteroatoms. The molecule has 0 bridgehead atoms. The van der Waals surface area contributed by atoms with Crippen LogP contribution in [0.5, 0.6) is 0 Å². The van der Waals surface area contributed by atoms with Crippen molar-refractivity contribution in [1.29, 1.82) is 0 Å². The van der Waals surface area contributed by atoms with Crippen LogP contribution < -0.4 is 11.1 Å².